The van der Waals surface area contributed by atoms with Gasteiger partial charge in [0.05, 0.1) is 13.2 Å². The average Bonchev–Trinajstić information content (AvgIpc) is 2.53. The van der Waals surface area contributed by atoms with Gasteiger partial charge in [0.15, 0.2) is 0 Å². The first-order valence-corrected chi connectivity index (χ1v) is 9.06. The van der Waals surface area contributed by atoms with E-state index in [2.05, 4.69) is 0 Å². The molecule has 112 valence electrons. The fraction of sp³-hybridized carbons (Fsp3) is 0.200. The molecule has 0 saturated carbocycles. The van der Waals surface area contributed by atoms with E-state index in [9.17, 15) is 8.78 Å². The first-order valence-electron chi connectivity index (χ1n) is 6.35. The minimum Gasteiger partial charge on any atom is -0.321 e. The molecule has 6 heteroatoms. The van der Waals surface area contributed by atoms with Crippen molar-refractivity contribution in [3.8, 4) is 0 Å². The Morgan fingerprint density at radius 3 is 1.52 bits per heavy atom. The maximum absolute atomic E-state index is 13.2. The second-order valence-electron chi connectivity index (χ2n) is 4.34. The molecule has 0 radical (unpaired) electrons. The SMILES string of the molecule is FC(F)P(=S)(OCc1ccccc1)OCc1ccccc1. The van der Waals surface area contributed by atoms with Gasteiger partial charge in [-0.1, -0.05) is 60.7 Å². The molecule has 0 amide bonds. The van der Waals surface area contributed by atoms with Crippen LogP contribution in [0.3, 0.4) is 0 Å². The van der Waals surface area contributed by atoms with Gasteiger partial charge in [0.1, 0.15) is 0 Å². The van der Waals surface area contributed by atoms with Crippen LogP contribution in [0.5, 0.6) is 0 Å². The third kappa shape index (κ3) is 4.97. The minimum atomic E-state index is -3.62. The molecule has 0 aromatic heterocycles. The molecule has 0 unspecified atom stereocenters. The number of halogens is 2. The van der Waals surface area contributed by atoms with Crippen molar-refractivity contribution < 1.29 is 17.8 Å². The highest BCUT2D eigenvalue weighted by Gasteiger charge is 2.31. The van der Waals surface area contributed by atoms with E-state index in [4.69, 9.17) is 20.9 Å². The van der Waals surface area contributed by atoms with Crippen molar-refractivity contribution in [3.63, 3.8) is 0 Å². The van der Waals surface area contributed by atoms with E-state index in [1.165, 1.54) is 0 Å². The maximum atomic E-state index is 13.2. The molecule has 0 bridgehead atoms. The molecule has 0 heterocycles. The van der Waals surface area contributed by atoms with Crippen LogP contribution in [0.4, 0.5) is 8.78 Å². The minimum absolute atomic E-state index is 0.0250. The molecule has 0 N–H and O–H groups in total. The first-order chi connectivity index (χ1) is 10.1. The summed E-state index contributed by atoms with van der Waals surface area (Å²) >= 11 is 4.94. The van der Waals surface area contributed by atoms with Gasteiger partial charge < -0.3 is 9.05 Å². The first kappa shape index (κ1) is 16.2. The maximum Gasteiger partial charge on any atom is 0.311 e. The molecule has 2 aromatic carbocycles. The van der Waals surface area contributed by atoms with Gasteiger partial charge in [-0.05, 0) is 22.9 Å². The van der Waals surface area contributed by atoms with Gasteiger partial charge in [0, 0.05) is 0 Å². The molecule has 0 aliphatic rings. The summed E-state index contributed by atoms with van der Waals surface area (Å²) in [5, 5.41) is 0. The van der Waals surface area contributed by atoms with Crippen LogP contribution in [0.1, 0.15) is 11.1 Å². The lowest BCUT2D eigenvalue weighted by atomic mass is 10.2. The van der Waals surface area contributed by atoms with Crippen LogP contribution in [0.25, 0.3) is 0 Å². The van der Waals surface area contributed by atoms with Crippen LogP contribution < -0.4 is 0 Å². The lowest BCUT2D eigenvalue weighted by Crippen LogP contribution is -2.04. The van der Waals surface area contributed by atoms with Crippen LogP contribution in [-0.4, -0.2) is 6.17 Å². The van der Waals surface area contributed by atoms with Gasteiger partial charge in [-0.3, -0.25) is 0 Å². The lowest BCUT2D eigenvalue weighted by Gasteiger charge is -2.21. The molecular formula is C15H15F2O2PS. The Hall–Kier alpha value is -1.13. The third-order valence-electron chi connectivity index (χ3n) is 2.75. The van der Waals surface area contributed by atoms with Crippen LogP contribution in [0, 0.1) is 0 Å². The number of benzene rings is 2. The zero-order chi connectivity index (χ0) is 15.1. The van der Waals surface area contributed by atoms with Gasteiger partial charge in [-0.2, -0.15) is 8.78 Å². The van der Waals surface area contributed by atoms with Gasteiger partial charge in [-0.15, -0.1) is 0 Å². The van der Waals surface area contributed by atoms with Crippen molar-refractivity contribution >= 4 is 18.3 Å². The topological polar surface area (TPSA) is 18.5 Å². The average molecular weight is 328 g/mol. The molecule has 0 atom stereocenters. The highest BCUT2D eigenvalue weighted by molar-refractivity contribution is 8.10. The van der Waals surface area contributed by atoms with Gasteiger partial charge in [0.25, 0.3) is 6.49 Å². The molecule has 21 heavy (non-hydrogen) atoms. The summed E-state index contributed by atoms with van der Waals surface area (Å²) in [6, 6.07) is 18.1. The van der Waals surface area contributed by atoms with E-state index in [0.717, 1.165) is 11.1 Å². The summed E-state index contributed by atoms with van der Waals surface area (Å²) in [5.74, 6) is 0. The number of hydrogen-bond acceptors (Lipinski definition) is 3. The molecule has 0 spiro atoms. The molecule has 0 saturated heterocycles. The summed E-state index contributed by atoms with van der Waals surface area (Å²) in [4.78, 5) is 0. The summed E-state index contributed by atoms with van der Waals surface area (Å²) in [5.41, 5.74) is 1.58. The van der Waals surface area contributed by atoms with Crippen LogP contribution in [0.15, 0.2) is 60.7 Å². The Morgan fingerprint density at radius 2 is 1.19 bits per heavy atom. The van der Waals surface area contributed by atoms with E-state index in [1.54, 1.807) is 24.3 Å². The van der Waals surface area contributed by atoms with Crippen LogP contribution >= 0.6 is 6.49 Å². The predicted molar refractivity (Wildman–Crippen MR) is 82.8 cm³/mol. The molecule has 0 aliphatic carbocycles. The van der Waals surface area contributed by atoms with Gasteiger partial charge >= 0.3 is 6.17 Å². The van der Waals surface area contributed by atoms with Crippen LogP contribution in [-0.2, 0) is 34.1 Å². The molecule has 0 fully saturated rings. The monoisotopic (exact) mass is 328 g/mol. The van der Waals surface area contributed by atoms with Crippen molar-refractivity contribution in [2.45, 2.75) is 19.4 Å². The quantitative estimate of drug-likeness (QED) is 0.670. The van der Waals surface area contributed by atoms with E-state index in [1.807, 2.05) is 36.4 Å². The highest BCUT2D eigenvalue weighted by Crippen LogP contribution is 2.56. The molecule has 0 aliphatic heterocycles. The zero-order valence-electron chi connectivity index (χ0n) is 11.2. The Morgan fingerprint density at radius 1 is 0.810 bits per heavy atom. The Balaban J connectivity index is 1.98. The second-order valence-corrected chi connectivity index (χ2v) is 7.85. The summed E-state index contributed by atoms with van der Waals surface area (Å²) in [6.07, 6.45) is -2.81. The molecule has 2 nitrogen and oxygen atoms in total. The standard InChI is InChI=1S/C15H15F2O2PS/c16-15(17)20(21,18-11-13-7-3-1-4-8-13)19-12-14-9-5-2-6-10-14/h1-10,15H,11-12H2. The van der Waals surface area contributed by atoms with Crippen molar-refractivity contribution in [3.05, 3.63) is 71.8 Å². The van der Waals surface area contributed by atoms with E-state index in [0.29, 0.717) is 0 Å². The van der Waals surface area contributed by atoms with Crippen molar-refractivity contribution in [1.82, 2.24) is 0 Å². The predicted octanol–water partition coefficient (Wildman–Crippen LogP) is 4.95. The van der Waals surface area contributed by atoms with Crippen LogP contribution in [0.2, 0.25) is 0 Å². The zero-order valence-corrected chi connectivity index (χ0v) is 12.9. The number of rotatable bonds is 7. The van der Waals surface area contributed by atoms with E-state index >= 15 is 0 Å². The summed E-state index contributed by atoms with van der Waals surface area (Å²) < 4.78 is 36.9. The summed E-state index contributed by atoms with van der Waals surface area (Å²) in [6.45, 7) is -3.57. The molecular weight excluding hydrogens is 313 g/mol. The van der Waals surface area contributed by atoms with E-state index < -0.39 is 12.7 Å². The Labute approximate surface area is 127 Å². The Kier molecular flexibility index (Phi) is 6.00. The van der Waals surface area contributed by atoms with Crippen molar-refractivity contribution in [2.24, 2.45) is 0 Å². The lowest BCUT2D eigenvalue weighted by molar-refractivity contribution is 0.153. The smallest absolute Gasteiger partial charge is 0.311 e. The normalized spacial score (nSPS) is 11.8. The fourth-order valence-electron chi connectivity index (χ4n) is 1.63. The van der Waals surface area contributed by atoms with Gasteiger partial charge in [-0.25, -0.2) is 0 Å². The molecule has 2 aromatic rings. The molecule has 2 rings (SSSR count). The Bertz CT molecular complexity index is 546. The van der Waals surface area contributed by atoms with E-state index in [-0.39, 0.29) is 13.2 Å². The summed E-state index contributed by atoms with van der Waals surface area (Å²) in [7, 11) is 0. The van der Waals surface area contributed by atoms with Gasteiger partial charge in [0.2, 0.25) is 0 Å². The fourth-order valence-corrected chi connectivity index (χ4v) is 2.90. The number of hydrogen-bond donors (Lipinski definition) is 0. The largest absolute Gasteiger partial charge is 0.321 e. The third-order valence-corrected chi connectivity index (χ3v) is 5.31. The number of alkyl halides is 2. The van der Waals surface area contributed by atoms with Crippen molar-refractivity contribution in [1.29, 1.82) is 0 Å². The van der Waals surface area contributed by atoms with Crippen molar-refractivity contribution in [2.75, 3.05) is 0 Å². The highest BCUT2D eigenvalue weighted by atomic mass is 32.5. The second kappa shape index (κ2) is 7.76.